The summed E-state index contributed by atoms with van der Waals surface area (Å²) in [6.07, 6.45) is 1.02. The third-order valence-corrected chi connectivity index (χ3v) is 5.35. The second-order valence-corrected chi connectivity index (χ2v) is 8.50. The Bertz CT molecular complexity index is 897. The van der Waals surface area contributed by atoms with Gasteiger partial charge >= 0.3 is 0 Å². The Labute approximate surface area is 161 Å². The van der Waals surface area contributed by atoms with Gasteiger partial charge in [0.2, 0.25) is 15.9 Å². The molecule has 0 fully saturated rings. The standard InChI is InChI=1S/C16H15Cl3N2O3S/c1-10-6-7-11(17)8-14(10)21(25(2,23)24)9-15(22)20-16-12(18)4-3-5-13(16)19/h3-8H,9H2,1-2H3,(H,20,22). The van der Waals surface area contributed by atoms with Crippen molar-refractivity contribution in [3.8, 4) is 0 Å². The molecule has 0 spiro atoms. The minimum absolute atomic E-state index is 0.229. The molecule has 0 aliphatic carbocycles. The van der Waals surface area contributed by atoms with Crippen LogP contribution in [0.5, 0.6) is 0 Å². The lowest BCUT2D eigenvalue weighted by Crippen LogP contribution is -2.38. The zero-order chi connectivity index (χ0) is 18.8. The first-order valence-corrected chi connectivity index (χ1v) is 10.1. The molecule has 2 rings (SSSR count). The van der Waals surface area contributed by atoms with Crippen molar-refractivity contribution in [2.24, 2.45) is 0 Å². The van der Waals surface area contributed by atoms with E-state index < -0.39 is 22.5 Å². The predicted molar refractivity (Wildman–Crippen MR) is 103 cm³/mol. The van der Waals surface area contributed by atoms with Crippen molar-refractivity contribution >= 4 is 62.1 Å². The number of nitrogens with one attached hydrogen (secondary N) is 1. The number of rotatable bonds is 5. The molecule has 1 amide bonds. The summed E-state index contributed by atoms with van der Waals surface area (Å²) in [5, 5.41) is 3.42. The molecule has 25 heavy (non-hydrogen) atoms. The number of aryl methyl sites for hydroxylation is 1. The summed E-state index contributed by atoms with van der Waals surface area (Å²) in [5.41, 5.74) is 1.22. The molecular formula is C16H15Cl3N2O3S. The SMILES string of the molecule is Cc1ccc(Cl)cc1N(CC(=O)Nc1c(Cl)cccc1Cl)S(C)(=O)=O. The van der Waals surface area contributed by atoms with Crippen molar-refractivity contribution in [2.45, 2.75) is 6.92 Å². The first-order valence-electron chi connectivity index (χ1n) is 7.07. The van der Waals surface area contributed by atoms with Crippen LogP contribution in [0.15, 0.2) is 36.4 Å². The highest BCUT2D eigenvalue weighted by Crippen LogP contribution is 2.30. The van der Waals surface area contributed by atoms with Crippen molar-refractivity contribution in [3.63, 3.8) is 0 Å². The zero-order valence-corrected chi connectivity index (χ0v) is 16.5. The van der Waals surface area contributed by atoms with Crippen LogP contribution in [0.1, 0.15) is 5.56 Å². The van der Waals surface area contributed by atoms with Gasteiger partial charge in [-0.3, -0.25) is 9.10 Å². The van der Waals surface area contributed by atoms with E-state index in [0.29, 0.717) is 16.3 Å². The van der Waals surface area contributed by atoms with Crippen LogP contribution >= 0.6 is 34.8 Å². The molecule has 0 unspecified atom stereocenters. The average Bonchev–Trinajstić information content (AvgIpc) is 2.50. The minimum Gasteiger partial charge on any atom is -0.322 e. The van der Waals surface area contributed by atoms with Crippen LogP contribution < -0.4 is 9.62 Å². The fourth-order valence-electron chi connectivity index (χ4n) is 2.16. The Kier molecular flexibility index (Phi) is 6.21. The summed E-state index contributed by atoms with van der Waals surface area (Å²) in [6, 6.07) is 9.59. The van der Waals surface area contributed by atoms with Gasteiger partial charge in [-0.05, 0) is 36.8 Å². The summed E-state index contributed by atoms with van der Waals surface area (Å²) in [6.45, 7) is 1.29. The molecule has 134 valence electrons. The van der Waals surface area contributed by atoms with Gasteiger partial charge in [0.15, 0.2) is 0 Å². The fourth-order valence-corrected chi connectivity index (χ4v) is 3.72. The van der Waals surface area contributed by atoms with Crippen molar-refractivity contribution in [1.82, 2.24) is 0 Å². The van der Waals surface area contributed by atoms with Crippen LogP contribution in [0.25, 0.3) is 0 Å². The Morgan fingerprint density at radius 2 is 1.72 bits per heavy atom. The van der Waals surface area contributed by atoms with E-state index in [2.05, 4.69) is 5.32 Å². The molecule has 0 radical (unpaired) electrons. The van der Waals surface area contributed by atoms with Crippen LogP contribution in [0.4, 0.5) is 11.4 Å². The van der Waals surface area contributed by atoms with Gasteiger partial charge in [0.05, 0.1) is 27.7 Å². The molecule has 0 atom stereocenters. The van der Waals surface area contributed by atoms with E-state index in [0.717, 1.165) is 10.6 Å². The highest BCUT2D eigenvalue weighted by molar-refractivity contribution is 7.92. The van der Waals surface area contributed by atoms with Gasteiger partial charge in [-0.15, -0.1) is 0 Å². The molecule has 0 heterocycles. The Morgan fingerprint density at radius 3 is 2.28 bits per heavy atom. The maximum absolute atomic E-state index is 12.4. The highest BCUT2D eigenvalue weighted by atomic mass is 35.5. The Hall–Kier alpha value is -1.47. The number of para-hydroxylation sites is 1. The van der Waals surface area contributed by atoms with Crippen molar-refractivity contribution in [3.05, 3.63) is 57.0 Å². The quantitative estimate of drug-likeness (QED) is 0.780. The minimum atomic E-state index is -3.72. The highest BCUT2D eigenvalue weighted by Gasteiger charge is 2.23. The fraction of sp³-hybridized carbons (Fsp3) is 0.188. The summed E-state index contributed by atoms with van der Waals surface area (Å²) >= 11 is 18.0. The number of sulfonamides is 1. The van der Waals surface area contributed by atoms with Gasteiger partial charge in [-0.2, -0.15) is 0 Å². The number of amides is 1. The van der Waals surface area contributed by atoms with E-state index in [-0.39, 0.29) is 15.7 Å². The summed E-state index contributed by atoms with van der Waals surface area (Å²) in [5.74, 6) is -0.584. The molecule has 9 heteroatoms. The van der Waals surface area contributed by atoms with E-state index in [4.69, 9.17) is 34.8 Å². The number of carbonyl (C=O) groups is 1. The largest absolute Gasteiger partial charge is 0.322 e. The van der Waals surface area contributed by atoms with Crippen molar-refractivity contribution in [2.75, 3.05) is 22.4 Å². The number of halogens is 3. The molecule has 0 aromatic heterocycles. The molecule has 0 aliphatic heterocycles. The lowest BCUT2D eigenvalue weighted by molar-refractivity contribution is -0.114. The number of nitrogens with zero attached hydrogens (tertiary/aromatic N) is 1. The molecule has 2 aromatic carbocycles. The summed E-state index contributed by atoms with van der Waals surface area (Å²) in [4.78, 5) is 12.4. The van der Waals surface area contributed by atoms with E-state index in [1.54, 1.807) is 37.3 Å². The molecule has 1 N–H and O–H groups in total. The van der Waals surface area contributed by atoms with Gasteiger partial charge in [0, 0.05) is 5.02 Å². The molecular weight excluding hydrogens is 407 g/mol. The summed E-state index contributed by atoms with van der Waals surface area (Å²) in [7, 11) is -3.72. The van der Waals surface area contributed by atoms with E-state index in [9.17, 15) is 13.2 Å². The maximum atomic E-state index is 12.4. The summed E-state index contributed by atoms with van der Waals surface area (Å²) < 4.78 is 25.3. The van der Waals surface area contributed by atoms with Crippen molar-refractivity contribution in [1.29, 1.82) is 0 Å². The van der Waals surface area contributed by atoms with Crippen LogP contribution in [-0.4, -0.2) is 27.1 Å². The molecule has 5 nitrogen and oxygen atoms in total. The smallest absolute Gasteiger partial charge is 0.245 e. The third kappa shape index (κ3) is 5.01. The van der Waals surface area contributed by atoms with Crippen LogP contribution in [0.2, 0.25) is 15.1 Å². The lowest BCUT2D eigenvalue weighted by atomic mass is 10.2. The van der Waals surface area contributed by atoms with Crippen molar-refractivity contribution < 1.29 is 13.2 Å². The topological polar surface area (TPSA) is 66.5 Å². The number of carbonyl (C=O) groups excluding carboxylic acids is 1. The van der Waals surface area contributed by atoms with Crippen LogP contribution in [0, 0.1) is 6.92 Å². The van der Waals surface area contributed by atoms with Gasteiger partial charge in [-0.1, -0.05) is 46.9 Å². The second kappa shape index (κ2) is 7.83. The number of hydrogen-bond acceptors (Lipinski definition) is 3. The van der Waals surface area contributed by atoms with E-state index in [1.807, 2.05) is 0 Å². The Balaban J connectivity index is 2.32. The molecule has 0 bridgehead atoms. The van der Waals surface area contributed by atoms with Crippen LogP contribution in [0.3, 0.4) is 0 Å². The average molecular weight is 422 g/mol. The third-order valence-electron chi connectivity index (χ3n) is 3.35. The van der Waals surface area contributed by atoms with Crippen LogP contribution in [-0.2, 0) is 14.8 Å². The molecule has 0 saturated heterocycles. The second-order valence-electron chi connectivity index (χ2n) is 5.35. The number of benzene rings is 2. The lowest BCUT2D eigenvalue weighted by Gasteiger charge is -2.24. The van der Waals surface area contributed by atoms with E-state index >= 15 is 0 Å². The first-order chi connectivity index (χ1) is 11.6. The molecule has 2 aromatic rings. The number of hydrogen-bond donors (Lipinski definition) is 1. The molecule has 0 aliphatic rings. The zero-order valence-electron chi connectivity index (χ0n) is 13.4. The van der Waals surface area contributed by atoms with Gasteiger partial charge in [0.25, 0.3) is 0 Å². The van der Waals surface area contributed by atoms with E-state index in [1.165, 1.54) is 6.07 Å². The van der Waals surface area contributed by atoms with Gasteiger partial charge < -0.3 is 5.32 Å². The van der Waals surface area contributed by atoms with Gasteiger partial charge in [-0.25, -0.2) is 8.42 Å². The predicted octanol–water partition coefficient (Wildman–Crippen LogP) is 4.36. The first kappa shape index (κ1) is 19.8. The molecule has 0 saturated carbocycles. The normalized spacial score (nSPS) is 11.2. The number of anilines is 2. The van der Waals surface area contributed by atoms with Gasteiger partial charge in [0.1, 0.15) is 6.54 Å². The maximum Gasteiger partial charge on any atom is 0.245 e. The monoisotopic (exact) mass is 420 g/mol. The Morgan fingerprint density at radius 1 is 1.12 bits per heavy atom.